The van der Waals surface area contributed by atoms with Gasteiger partial charge in [0, 0.05) is 37.8 Å². The van der Waals surface area contributed by atoms with Crippen LogP contribution in [-0.2, 0) is 17.1 Å². The second-order valence-electron chi connectivity index (χ2n) is 7.91. The van der Waals surface area contributed by atoms with Crippen molar-refractivity contribution >= 4 is 26.8 Å². The predicted molar refractivity (Wildman–Crippen MR) is 118 cm³/mol. The monoisotopic (exact) mass is 433 g/mol. The minimum Gasteiger partial charge on any atom is -0.350 e. The summed E-state index contributed by atoms with van der Waals surface area (Å²) in [6.45, 7) is 4.24. The zero-order valence-electron chi connectivity index (χ0n) is 18.0. The maximum atomic E-state index is 13.1. The summed E-state index contributed by atoms with van der Waals surface area (Å²) in [4.78, 5) is 26.1. The molecular formula is C22H31N3O4S. The molecule has 7 nitrogen and oxygen atoms in total. The number of aromatic nitrogens is 1. The number of fused-ring (bicyclic) bond motifs is 1. The third kappa shape index (κ3) is 4.44. The maximum Gasteiger partial charge on any atom is 0.256 e. The molecule has 1 heterocycles. The fourth-order valence-corrected chi connectivity index (χ4v) is 5.68. The molecule has 1 saturated carbocycles. The van der Waals surface area contributed by atoms with Gasteiger partial charge in [0.05, 0.1) is 10.4 Å². The lowest BCUT2D eigenvalue weighted by molar-refractivity contribution is 0.0931. The van der Waals surface area contributed by atoms with Gasteiger partial charge in [-0.3, -0.25) is 9.59 Å². The Morgan fingerprint density at radius 3 is 2.37 bits per heavy atom. The van der Waals surface area contributed by atoms with Crippen LogP contribution in [0.5, 0.6) is 0 Å². The van der Waals surface area contributed by atoms with E-state index in [0.29, 0.717) is 18.6 Å². The molecule has 1 aromatic heterocycles. The summed E-state index contributed by atoms with van der Waals surface area (Å²) in [6, 6.07) is 4.61. The number of rotatable bonds is 6. The van der Waals surface area contributed by atoms with Gasteiger partial charge in [-0.15, -0.1) is 0 Å². The molecule has 0 unspecified atom stereocenters. The van der Waals surface area contributed by atoms with Crippen LogP contribution < -0.4 is 10.7 Å². The summed E-state index contributed by atoms with van der Waals surface area (Å²) in [7, 11) is -1.94. The Bertz CT molecular complexity index is 1080. The molecule has 3 rings (SSSR count). The van der Waals surface area contributed by atoms with Crippen molar-refractivity contribution in [3.63, 3.8) is 0 Å². The van der Waals surface area contributed by atoms with Crippen molar-refractivity contribution in [1.82, 2.24) is 14.2 Å². The van der Waals surface area contributed by atoms with Gasteiger partial charge >= 0.3 is 0 Å². The molecular weight excluding hydrogens is 402 g/mol. The number of carbonyl (C=O) groups is 1. The third-order valence-corrected chi connectivity index (χ3v) is 7.98. The van der Waals surface area contributed by atoms with Crippen LogP contribution in [0.1, 0.15) is 62.7 Å². The topological polar surface area (TPSA) is 88.5 Å². The lowest BCUT2D eigenvalue weighted by Crippen LogP contribution is -2.37. The standard InChI is InChI=1S/C22H31N3O4S/c1-4-25(5-2)30(28,29)17-12-13-20-18(14-17)21(26)19(15-24(20)3)22(27)23-16-10-8-6-7-9-11-16/h12-16H,4-11H2,1-3H3,(H,23,27). The first kappa shape index (κ1) is 22.5. The summed E-state index contributed by atoms with van der Waals surface area (Å²) in [5, 5.41) is 3.25. The zero-order chi connectivity index (χ0) is 21.9. The van der Waals surface area contributed by atoms with E-state index < -0.39 is 15.5 Å². The van der Waals surface area contributed by atoms with E-state index in [0.717, 1.165) is 25.7 Å². The number of nitrogens with zero attached hydrogens (tertiary/aromatic N) is 2. The van der Waals surface area contributed by atoms with Crippen LogP contribution in [0.3, 0.4) is 0 Å². The van der Waals surface area contributed by atoms with Crippen LogP contribution in [0.15, 0.2) is 34.1 Å². The molecule has 30 heavy (non-hydrogen) atoms. The summed E-state index contributed by atoms with van der Waals surface area (Å²) in [6.07, 6.45) is 7.88. The molecule has 1 aliphatic carbocycles. The fourth-order valence-electron chi connectivity index (χ4n) is 4.19. The predicted octanol–water partition coefficient (Wildman–Crippen LogP) is 3.02. The molecule has 0 spiro atoms. The number of sulfonamides is 1. The number of hydrogen-bond donors (Lipinski definition) is 1. The Balaban J connectivity index is 2.02. The van der Waals surface area contributed by atoms with Crippen LogP contribution >= 0.6 is 0 Å². The van der Waals surface area contributed by atoms with Crippen molar-refractivity contribution in [2.75, 3.05) is 13.1 Å². The molecule has 2 aromatic rings. The largest absolute Gasteiger partial charge is 0.350 e. The van der Waals surface area contributed by atoms with Gasteiger partial charge in [-0.05, 0) is 31.0 Å². The van der Waals surface area contributed by atoms with Crippen LogP contribution in [0.25, 0.3) is 10.9 Å². The van der Waals surface area contributed by atoms with Gasteiger partial charge in [0.25, 0.3) is 5.91 Å². The smallest absolute Gasteiger partial charge is 0.256 e. The number of hydrogen-bond acceptors (Lipinski definition) is 4. The van der Waals surface area contributed by atoms with Crippen molar-refractivity contribution < 1.29 is 13.2 Å². The van der Waals surface area contributed by atoms with Crippen LogP contribution in [0, 0.1) is 0 Å². The number of nitrogens with one attached hydrogen (secondary N) is 1. The molecule has 1 aromatic carbocycles. The first-order valence-electron chi connectivity index (χ1n) is 10.7. The van der Waals surface area contributed by atoms with E-state index in [1.165, 1.54) is 35.5 Å². The molecule has 1 amide bonds. The van der Waals surface area contributed by atoms with Crippen LogP contribution in [0.2, 0.25) is 0 Å². The van der Waals surface area contributed by atoms with E-state index in [2.05, 4.69) is 5.32 Å². The van der Waals surface area contributed by atoms with Gasteiger partial charge < -0.3 is 9.88 Å². The van der Waals surface area contributed by atoms with Gasteiger partial charge in [-0.1, -0.05) is 39.5 Å². The molecule has 8 heteroatoms. The average Bonchev–Trinajstić information content (AvgIpc) is 2.99. The van der Waals surface area contributed by atoms with Gasteiger partial charge in [-0.25, -0.2) is 8.42 Å². The normalized spacial score (nSPS) is 16.0. The van der Waals surface area contributed by atoms with E-state index in [4.69, 9.17) is 0 Å². The maximum absolute atomic E-state index is 13.1. The van der Waals surface area contributed by atoms with Crippen LogP contribution in [-0.4, -0.2) is 42.3 Å². The number of pyridine rings is 1. The fraction of sp³-hybridized carbons (Fsp3) is 0.545. The van der Waals surface area contributed by atoms with Crippen molar-refractivity contribution in [2.24, 2.45) is 7.05 Å². The zero-order valence-corrected chi connectivity index (χ0v) is 18.8. The number of aryl methyl sites for hydroxylation is 1. The van der Waals surface area contributed by atoms with Crippen LogP contribution in [0.4, 0.5) is 0 Å². The Kier molecular flexibility index (Phi) is 6.98. The quantitative estimate of drug-likeness (QED) is 0.709. The molecule has 164 valence electrons. The highest BCUT2D eigenvalue weighted by Crippen LogP contribution is 2.21. The molecule has 0 bridgehead atoms. The van der Waals surface area contributed by atoms with Gasteiger partial charge in [0.1, 0.15) is 5.56 Å². The summed E-state index contributed by atoms with van der Waals surface area (Å²) >= 11 is 0. The first-order valence-corrected chi connectivity index (χ1v) is 12.2. The third-order valence-electron chi connectivity index (χ3n) is 5.94. The molecule has 0 aliphatic heterocycles. The lowest BCUT2D eigenvalue weighted by Gasteiger charge is -2.19. The Morgan fingerprint density at radius 2 is 1.77 bits per heavy atom. The molecule has 0 saturated heterocycles. The molecule has 0 radical (unpaired) electrons. The van der Waals surface area contributed by atoms with Crippen molar-refractivity contribution in [3.8, 4) is 0 Å². The number of amides is 1. The number of carbonyl (C=O) groups excluding carboxylic acids is 1. The lowest BCUT2D eigenvalue weighted by atomic mass is 10.1. The number of benzene rings is 1. The van der Waals surface area contributed by atoms with E-state index >= 15 is 0 Å². The van der Waals surface area contributed by atoms with Gasteiger partial charge in [0.2, 0.25) is 15.5 Å². The molecule has 1 fully saturated rings. The van der Waals surface area contributed by atoms with E-state index in [-0.39, 0.29) is 27.8 Å². The highest BCUT2D eigenvalue weighted by atomic mass is 32.2. The second-order valence-corrected chi connectivity index (χ2v) is 9.85. The average molecular weight is 434 g/mol. The molecule has 0 atom stereocenters. The minimum atomic E-state index is -3.70. The second kappa shape index (κ2) is 9.31. The van der Waals surface area contributed by atoms with E-state index in [9.17, 15) is 18.0 Å². The highest BCUT2D eigenvalue weighted by molar-refractivity contribution is 7.89. The first-order chi connectivity index (χ1) is 14.3. The van der Waals surface area contributed by atoms with Crippen molar-refractivity contribution in [3.05, 3.63) is 40.2 Å². The Labute approximate surface area is 178 Å². The molecule has 1 N–H and O–H groups in total. The van der Waals surface area contributed by atoms with Gasteiger partial charge in [-0.2, -0.15) is 4.31 Å². The molecule has 1 aliphatic rings. The van der Waals surface area contributed by atoms with Crippen molar-refractivity contribution in [1.29, 1.82) is 0 Å². The SMILES string of the molecule is CCN(CC)S(=O)(=O)c1ccc2c(c1)c(=O)c(C(=O)NC1CCCCCC1)cn2C. The summed E-state index contributed by atoms with van der Waals surface area (Å²) in [5.74, 6) is -0.388. The summed E-state index contributed by atoms with van der Waals surface area (Å²) < 4.78 is 28.8. The highest BCUT2D eigenvalue weighted by Gasteiger charge is 2.24. The van der Waals surface area contributed by atoms with E-state index in [1.807, 2.05) is 0 Å². The Hall–Kier alpha value is -2.19. The minimum absolute atomic E-state index is 0.0478. The Morgan fingerprint density at radius 1 is 1.13 bits per heavy atom. The van der Waals surface area contributed by atoms with E-state index in [1.54, 1.807) is 31.5 Å². The van der Waals surface area contributed by atoms with Crippen molar-refractivity contribution in [2.45, 2.75) is 63.3 Å². The van der Waals surface area contributed by atoms with Gasteiger partial charge in [0.15, 0.2) is 0 Å². The summed E-state index contributed by atoms with van der Waals surface area (Å²) in [5.41, 5.74) is 0.196.